The van der Waals surface area contributed by atoms with Gasteiger partial charge < -0.3 is 4.90 Å². The first-order valence-electron chi connectivity index (χ1n) is 8.17. The summed E-state index contributed by atoms with van der Waals surface area (Å²) in [5, 5.41) is 4.38. The smallest absolute Gasteiger partial charge is 0.236 e. The van der Waals surface area contributed by atoms with Gasteiger partial charge in [0, 0.05) is 19.1 Å². The molecule has 0 spiro atoms. The van der Waals surface area contributed by atoms with E-state index in [1.807, 2.05) is 0 Å². The zero-order valence-corrected chi connectivity index (χ0v) is 13.9. The Morgan fingerprint density at radius 2 is 2.10 bits per heavy atom. The number of likely N-dealkylation sites (tertiary alicyclic amines) is 2. The Morgan fingerprint density at radius 1 is 1.33 bits per heavy atom. The summed E-state index contributed by atoms with van der Waals surface area (Å²) in [5.41, 5.74) is 1.39. The second kappa shape index (κ2) is 6.49. The Bertz CT molecular complexity index is 463. The van der Waals surface area contributed by atoms with E-state index in [1.54, 1.807) is 11.3 Å². The Hall–Kier alpha value is -0.870. The van der Waals surface area contributed by atoms with Crippen molar-refractivity contribution in [2.24, 2.45) is 11.8 Å². The van der Waals surface area contributed by atoms with E-state index >= 15 is 0 Å². The SMILES string of the molecule is C[C@@H]1C[C@H](C)CN(C(=O)CN2CCC[C@H]2c2ccsc2)C1. The van der Waals surface area contributed by atoms with Gasteiger partial charge in [0.2, 0.25) is 5.91 Å². The number of amides is 1. The van der Waals surface area contributed by atoms with E-state index in [0.29, 0.717) is 30.3 Å². The van der Waals surface area contributed by atoms with E-state index in [0.717, 1.165) is 19.6 Å². The minimum atomic E-state index is 0.329. The maximum absolute atomic E-state index is 12.6. The van der Waals surface area contributed by atoms with Gasteiger partial charge in [-0.15, -0.1) is 0 Å². The van der Waals surface area contributed by atoms with Gasteiger partial charge in [0.15, 0.2) is 0 Å². The third-order valence-electron chi connectivity index (χ3n) is 4.85. The standard InChI is InChI=1S/C17H26N2OS/c1-13-8-14(2)10-19(9-13)17(20)11-18-6-3-4-16(18)15-5-7-21-12-15/h5,7,12-14,16H,3-4,6,8-11H2,1-2H3/t13-,14+,16-/m0/s1. The van der Waals surface area contributed by atoms with E-state index in [-0.39, 0.29) is 0 Å². The summed E-state index contributed by atoms with van der Waals surface area (Å²) >= 11 is 1.75. The summed E-state index contributed by atoms with van der Waals surface area (Å²) in [6.07, 6.45) is 3.66. The molecule has 0 aliphatic carbocycles. The maximum Gasteiger partial charge on any atom is 0.236 e. The van der Waals surface area contributed by atoms with Crippen LogP contribution in [0.2, 0.25) is 0 Å². The third-order valence-corrected chi connectivity index (χ3v) is 5.55. The first kappa shape index (κ1) is 15.0. The highest BCUT2D eigenvalue weighted by Gasteiger charge is 2.31. The Balaban J connectivity index is 1.61. The Labute approximate surface area is 131 Å². The molecule has 2 saturated heterocycles. The summed E-state index contributed by atoms with van der Waals surface area (Å²) in [7, 11) is 0. The van der Waals surface area contributed by atoms with Crippen LogP contribution in [0.1, 0.15) is 44.7 Å². The topological polar surface area (TPSA) is 23.6 Å². The van der Waals surface area contributed by atoms with Gasteiger partial charge in [-0.25, -0.2) is 0 Å². The van der Waals surface area contributed by atoms with E-state index in [9.17, 15) is 4.79 Å². The van der Waals surface area contributed by atoms with Gasteiger partial charge in [-0.1, -0.05) is 13.8 Å². The van der Waals surface area contributed by atoms with Crippen molar-refractivity contribution in [2.75, 3.05) is 26.2 Å². The maximum atomic E-state index is 12.6. The molecule has 0 aromatic carbocycles. The van der Waals surface area contributed by atoms with Crippen LogP contribution in [0, 0.1) is 11.8 Å². The van der Waals surface area contributed by atoms with Crippen molar-refractivity contribution in [3.05, 3.63) is 22.4 Å². The van der Waals surface area contributed by atoms with Crippen molar-refractivity contribution >= 4 is 17.2 Å². The van der Waals surface area contributed by atoms with E-state index in [1.165, 1.54) is 24.8 Å². The van der Waals surface area contributed by atoms with Gasteiger partial charge in [-0.05, 0) is 60.0 Å². The van der Waals surface area contributed by atoms with Gasteiger partial charge in [0.1, 0.15) is 0 Å². The number of thiophene rings is 1. The van der Waals surface area contributed by atoms with E-state index in [2.05, 4.69) is 40.5 Å². The second-order valence-corrected chi connectivity index (χ2v) is 7.71. The molecule has 1 aromatic rings. The lowest BCUT2D eigenvalue weighted by Crippen LogP contribution is -2.46. The minimum Gasteiger partial charge on any atom is -0.341 e. The molecular weight excluding hydrogens is 280 g/mol. The Kier molecular flexibility index (Phi) is 4.65. The van der Waals surface area contributed by atoms with Crippen LogP contribution >= 0.6 is 11.3 Å². The van der Waals surface area contributed by atoms with Crippen molar-refractivity contribution in [3.8, 4) is 0 Å². The molecule has 2 aliphatic heterocycles. The van der Waals surface area contributed by atoms with E-state index < -0.39 is 0 Å². The van der Waals surface area contributed by atoms with Crippen molar-refractivity contribution in [3.63, 3.8) is 0 Å². The number of carbonyl (C=O) groups is 1. The van der Waals surface area contributed by atoms with Gasteiger partial charge >= 0.3 is 0 Å². The predicted molar refractivity (Wildman–Crippen MR) is 87.4 cm³/mol. The van der Waals surface area contributed by atoms with Crippen LogP contribution in [0.4, 0.5) is 0 Å². The number of nitrogens with zero attached hydrogens (tertiary/aromatic N) is 2. The lowest BCUT2D eigenvalue weighted by molar-refractivity contribution is -0.135. The molecule has 2 aliphatic rings. The number of hydrogen-bond acceptors (Lipinski definition) is 3. The number of rotatable bonds is 3. The normalized spacial score (nSPS) is 30.8. The van der Waals surface area contributed by atoms with Crippen LogP contribution in [0.15, 0.2) is 16.8 Å². The monoisotopic (exact) mass is 306 g/mol. The molecular formula is C17H26N2OS. The highest BCUT2D eigenvalue weighted by Crippen LogP contribution is 2.33. The number of piperidine rings is 1. The third kappa shape index (κ3) is 3.49. The molecule has 0 saturated carbocycles. The molecule has 21 heavy (non-hydrogen) atoms. The molecule has 3 rings (SSSR count). The van der Waals surface area contributed by atoms with Crippen molar-refractivity contribution < 1.29 is 4.79 Å². The highest BCUT2D eigenvalue weighted by atomic mass is 32.1. The number of hydrogen-bond donors (Lipinski definition) is 0. The zero-order valence-electron chi connectivity index (χ0n) is 13.1. The van der Waals surface area contributed by atoms with Gasteiger partial charge in [0.05, 0.1) is 6.54 Å². The lowest BCUT2D eigenvalue weighted by Gasteiger charge is -2.36. The van der Waals surface area contributed by atoms with Crippen molar-refractivity contribution in [2.45, 2.75) is 39.2 Å². The van der Waals surface area contributed by atoms with Crippen LogP contribution in [-0.4, -0.2) is 41.9 Å². The molecule has 0 radical (unpaired) electrons. The first-order chi connectivity index (χ1) is 10.1. The summed E-state index contributed by atoms with van der Waals surface area (Å²) < 4.78 is 0. The average Bonchev–Trinajstić information content (AvgIpc) is 3.07. The molecule has 3 nitrogen and oxygen atoms in total. The van der Waals surface area contributed by atoms with Crippen molar-refractivity contribution in [1.82, 2.24) is 9.80 Å². The summed E-state index contributed by atoms with van der Waals surface area (Å²) in [6.45, 7) is 8.07. The van der Waals surface area contributed by atoms with Crippen molar-refractivity contribution in [1.29, 1.82) is 0 Å². The number of carbonyl (C=O) groups excluding carboxylic acids is 1. The summed E-state index contributed by atoms with van der Waals surface area (Å²) in [5.74, 6) is 1.61. The largest absolute Gasteiger partial charge is 0.341 e. The molecule has 3 heterocycles. The van der Waals surface area contributed by atoms with Gasteiger partial charge in [-0.2, -0.15) is 11.3 Å². The fraction of sp³-hybridized carbons (Fsp3) is 0.706. The predicted octanol–water partition coefficient (Wildman–Crippen LogP) is 3.39. The van der Waals surface area contributed by atoms with Crippen LogP contribution in [-0.2, 0) is 4.79 Å². The molecule has 0 unspecified atom stereocenters. The fourth-order valence-corrected chi connectivity index (χ4v) is 4.70. The summed E-state index contributed by atoms with van der Waals surface area (Å²) in [6, 6.07) is 2.67. The highest BCUT2D eigenvalue weighted by molar-refractivity contribution is 7.07. The molecule has 2 fully saturated rings. The molecule has 4 heteroatoms. The quantitative estimate of drug-likeness (QED) is 0.854. The van der Waals surface area contributed by atoms with E-state index in [4.69, 9.17) is 0 Å². The van der Waals surface area contributed by atoms with Gasteiger partial charge in [-0.3, -0.25) is 9.69 Å². The molecule has 0 N–H and O–H groups in total. The fourth-order valence-electron chi connectivity index (χ4n) is 4.00. The van der Waals surface area contributed by atoms with Gasteiger partial charge in [0.25, 0.3) is 0 Å². The molecule has 1 aromatic heterocycles. The molecule has 3 atom stereocenters. The van der Waals surface area contributed by atoms with Crippen LogP contribution < -0.4 is 0 Å². The second-order valence-electron chi connectivity index (χ2n) is 6.93. The minimum absolute atomic E-state index is 0.329. The summed E-state index contributed by atoms with van der Waals surface area (Å²) in [4.78, 5) is 17.1. The molecule has 116 valence electrons. The van der Waals surface area contributed by atoms with Crippen LogP contribution in [0.25, 0.3) is 0 Å². The Morgan fingerprint density at radius 3 is 2.76 bits per heavy atom. The molecule has 1 amide bonds. The average molecular weight is 306 g/mol. The lowest BCUT2D eigenvalue weighted by atomic mass is 9.92. The van der Waals surface area contributed by atoms with Crippen LogP contribution in [0.3, 0.4) is 0 Å². The first-order valence-corrected chi connectivity index (χ1v) is 9.11. The molecule has 0 bridgehead atoms. The van der Waals surface area contributed by atoms with Crippen LogP contribution in [0.5, 0.6) is 0 Å². The zero-order chi connectivity index (χ0) is 14.8.